The molecule has 2 aromatic rings. The van der Waals surface area contributed by atoms with Crippen molar-refractivity contribution in [3.63, 3.8) is 0 Å². The van der Waals surface area contributed by atoms with Crippen molar-refractivity contribution >= 4 is 0 Å². The first kappa shape index (κ1) is 32.1. The quantitative estimate of drug-likeness (QED) is 0.211. The summed E-state index contributed by atoms with van der Waals surface area (Å²) in [5.74, 6) is 7.49. The molecule has 0 heteroatoms. The van der Waals surface area contributed by atoms with E-state index in [4.69, 9.17) is 0 Å². The van der Waals surface area contributed by atoms with Crippen molar-refractivity contribution in [2.75, 3.05) is 0 Å². The minimum absolute atomic E-state index is 0.0948. The van der Waals surface area contributed by atoms with Gasteiger partial charge in [-0.25, -0.2) is 0 Å². The fraction of sp³-hybridized carbons (Fsp3) is 0.682. The third kappa shape index (κ3) is 5.91. The number of hydrogen-bond acceptors (Lipinski definition) is 0. The van der Waals surface area contributed by atoms with Crippen LogP contribution in [-0.2, 0) is 5.41 Å². The molecule has 0 saturated heterocycles. The third-order valence-corrected chi connectivity index (χ3v) is 14.1. The topological polar surface area (TPSA) is 0 Å². The Bertz CT molecular complexity index is 1130. The highest BCUT2D eigenvalue weighted by molar-refractivity contribution is 5.43. The van der Waals surface area contributed by atoms with Crippen LogP contribution in [0.25, 0.3) is 0 Å². The number of hydrogen-bond donors (Lipinski definition) is 0. The first-order chi connectivity index (χ1) is 21.0. The molecule has 4 saturated carbocycles. The zero-order valence-corrected chi connectivity index (χ0v) is 29.2. The third-order valence-electron chi connectivity index (χ3n) is 14.1. The molecule has 0 heterocycles. The standard InChI is InChI=1S/C44H64/c1-8-9-12-17-31-22-23-36(28-31)44(32-18-13-10-14-19-32,33-20-15-11-16-21-33)41-39-29-34(42(2,3)4)24-26-37(39)38-27-25-35(30-40(38)41)43(5,6)7/h8,10-11,13-16,18-21,31,34-41H,1,9,12,17,22-30H2,2-7H3. The van der Waals surface area contributed by atoms with Gasteiger partial charge >= 0.3 is 0 Å². The van der Waals surface area contributed by atoms with Crippen molar-refractivity contribution in [3.05, 3.63) is 84.4 Å². The molecule has 0 N–H and O–H groups in total. The van der Waals surface area contributed by atoms with E-state index in [1.807, 2.05) is 0 Å². The smallest absolute Gasteiger partial charge is 0.0264 e. The largest absolute Gasteiger partial charge is 0.103 e. The van der Waals surface area contributed by atoms with Crippen molar-refractivity contribution < 1.29 is 0 Å². The van der Waals surface area contributed by atoms with Gasteiger partial charge in [0.25, 0.3) is 0 Å². The van der Waals surface area contributed by atoms with Gasteiger partial charge in [0.2, 0.25) is 0 Å². The molecule has 44 heavy (non-hydrogen) atoms. The molecular formula is C44H64. The highest BCUT2D eigenvalue weighted by Gasteiger charge is 2.63. The fourth-order valence-corrected chi connectivity index (χ4v) is 11.9. The van der Waals surface area contributed by atoms with Crippen LogP contribution in [0.3, 0.4) is 0 Å². The second kappa shape index (κ2) is 12.8. The Kier molecular flexibility index (Phi) is 9.32. The minimum atomic E-state index is 0.0948. The van der Waals surface area contributed by atoms with E-state index < -0.39 is 0 Å². The van der Waals surface area contributed by atoms with Crippen LogP contribution in [0.4, 0.5) is 0 Å². The number of benzene rings is 2. The maximum atomic E-state index is 4.03. The molecule has 0 spiro atoms. The van der Waals surface area contributed by atoms with Crippen LogP contribution < -0.4 is 0 Å². The van der Waals surface area contributed by atoms with Gasteiger partial charge in [-0.05, 0) is 139 Å². The summed E-state index contributed by atoms with van der Waals surface area (Å²) >= 11 is 0. The summed E-state index contributed by atoms with van der Waals surface area (Å²) in [6.07, 6.45) is 18.9. The molecular weight excluding hydrogens is 528 g/mol. The second-order valence-corrected chi connectivity index (χ2v) is 18.1. The van der Waals surface area contributed by atoms with Crippen molar-refractivity contribution in [2.24, 2.45) is 64.1 Å². The lowest BCUT2D eigenvalue weighted by Crippen LogP contribution is -2.49. The van der Waals surface area contributed by atoms with E-state index in [0.717, 1.165) is 53.3 Å². The van der Waals surface area contributed by atoms with E-state index in [1.165, 1.54) is 77.0 Å². The van der Waals surface area contributed by atoms with E-state index in [2.05, 4.69) is 115 Å². The maximum absolute atomic E-state index is 4.03. The Morgan fingerprint density at radius 2 is 1.07 bits per heavy atom. The first-order valence-corrected chi connectivity index (χ1v) is 18.8. The first-order valence-electron chi connectivity index (χ1n) is 18.8. The monoisotopic (exact) mass is 593 g/mol. The molecule has 6 rings (SSSR count). The highest BCUT2D eigenvalue weighted by atomic mass is 14.7. The number of rotatable bonds is 8. The Morgan fingerprint density at radius 3 is 1.52 bits per heavy atom. The molecule has 4 fully saturated rings. The summed E-state index contributed by atoms with van der Waals surface area (Å²) < 4.78 is 0. The average Bonchev–Trinajstić information content (AvgIpc) is 3.61. The zero-order chi connectivity index (χ0) is 31.1. The Hall–Kier alpha value is -1.82. The Morgan fingerprint density at radius 1 is 0.591 bits per heavy atom. The number of unbranched alkanes of at least 4 members (excludes halogenated alkanes) is 1. The summed E-state index contributed by atoms with van der Waals surface area (Å²) in [6, 6.07) is 24.2. The van der Waals surface area contributed by atoms with E-state index in [-0.39, 0.29) is 5.41 Å². The second-order valence-electron chi connectivity index (χ2n) is 18.1. The molecule has 0 radical (unpaired) electrons. The fourth-order valence-electron chi connectivity index (χ4n) is 11.9. The molecule has 0 nitrogen and oxygen atoms in total. The van der Waals surface area contributed by atoms with Crippen molar-refractivity contribution in [1.82, 2.24) is 0 Å². The van der Waals surface area contributed by atoms with Gasteiger partial charge in [-0.3, -0.25) is 0 Å². The lowest BCUT2D eigenvalue weighted by molar-refractivity contribution is 0.0420. The van der Waals surface area contributed by atoms with Gasteiger partial charge < -0.3 is 0 Å². The summed E-state index contributed by atoms with van der Waals surface area (Å²) in [5, 5.41) is 0. The lowest BCUT2D eigenvalue weighted by atomic mass is 9.50. The van der Waals surface area contributed by atoms with Gasteiger partial charge in [-0.2, -0.15) is 0 Å². The van der Waals surface area contributed by atoms with Gasteiger partial charge in [0, 0.05) is 5.41 Å². The normalized spacial score (nSPS) is 34.4. The van der Waals surface area contributed by atoms with Gasteiger partial charge in [0.15, 0.2) is 0 Å². The molecule has 4 aliphatic carbocycles. The molecule has 2 aromatic carbocycles. The molecule has 0 aliphatic heterocycles. The van der Waals surface area contributed by atoms with Gasteiger partial charge in [0.05, 0.1) is 0 Å². The minimum Gasteiger partial charge on any atom is -0.103 e. The lowest BCUT2D eigenvalue weighted by Gasteiger charge is -2.53. The Labute approximate surface area is 271 Å². The van der Waals surface area contributed by atoms with E-state index in [1.54, 1.807) is 11.1 Å². The maximum Gasteiger partial charge on any atom is 0.0264 e. The van der Waals surface area contributed by atoms with Gasteiger partial charge in [-0.1, -0.05) is 121 Å². The molecule has 8 unspecified atom stereocenters. The zero-order valence-electron chi connectivity index (χ0n) is 29.2. The van der Waals surface area contributed by atoms with E-state index in [9.17, 15) is 0 Å². The molecule has 8 atom stereocenters. The molecule has 240 valence electrons. The van der Waals surface area contributed by atoms with E-state index in [0.29, 0.717) is 10.8 Å². The van der Waals surface area contributed by atoms with Gasteiger partial charge in [0.1, 0.15) is 0 Å². The summed E-state index contributed by atoms with van der Waals surface area (Å²) in [5.41, 5.74) is 4.16. The highest BCUT2D eigenvalue weighted by Crippen LogP contribution is 2.69. The van der Waals surface area contributed by atoms with Crippen molar-refractivity contribution in [3.8, 4) is 0 Å². The predicted molar refractivity (Wildman–Crippen MR) is 190 cm³/mol. The molecule has 0 amide bonds. The summed E-state index contributed by atoms with van der Waals surface area (Å²) in [4.78, 5) is 0. The summed E-state index contributed by atoms with van der Waals surface area (Å²) in [7, 11) is 0. The van der Waals surface area contributed by atoms with Crippen LogP contribution in [0, 0.1) is 64.1 Å². The molecule has 0 bridgehead atoms. The summed E-state index contributed by atoms with van der Waals surface area (Å²) in [6.45, 7) is 19.3. The molecule has 0 aromatic heterocycles. The van der Waals surface area contributed by atoms with Crippen molar-refractivity contribution in [2.45, 2.75) is 124 Å². The van der Waals surface area contributed by atoms with Crippen LogP contribution in [-0.4, -0.2) is 0 Å². The van der Waals surface area contributed by atoms with Crippen LogP contribution in [0.5, 0.6) is 0 Å². The van der Waals surface area contributed by atoms with Crippen LogP contribution in [0.15, 0.2) is 73.3 Å². The van der Waals surface area contributed by atoms with Crippen LogP contribution >= 0.6 is 0 Å². The SMILES string of the molecule is C=CCCCC1CCC(C(c2ccccc2)(c2ccccc2)C2C3CC(C(C)(C)C)CCC3C3CCC(C(C)(C)C)CC32)C1. The van der Waals surface area contributed by atoms with Crippen LogP contribution in [0.1, 0.15) is 130 Å². The predicted octanol–water partition coefficient (Wildman–Crippen LogP) is 12.5. The van der Waals surface area contributed by atoms with Crippen LogP contribution in [0.2, 0.25) is 0 Å². The van der Waals surface area contributed by atoms with Crippen molar-refractivity contribution in [1.29, 1.82) is 0 Å². The van der Waals surface area contributed by atoms with Gasteiger partial charge in [-0.15, -0.1) is 6.58 Å². The number of allylic oxidation sites excluding steroid dienone is 1. The number of fused-ring (bicyclic) bond motifs is 3. The molecule has 4 aliphatic rings. The Balaban J connectivity index is 1.53. The van der Waals surface area contributed by atoms with E-state index >= 15 is 0 Å². The average molecular weight is 593 g/mol.